The van der Waals surface area contributed by atoms with E-state index in [-0.39, 0.29) is 23.7 Å². The summed E-state index contributed by atoms with van der Waals surface area (Å²) in [5.74, 6) is 1.25. The molecule has 0 aromatic heterocycles. The van der Waals surface area contributed by atoms with E-state index in [1.807, 2.05) is 0 Å². The molecule has 1 aliphatic heterocycles. The summed E-state index contributed by atoms with van der Waals surface area (Å²) in [6.45, 7) is 1.99. The number of nitrogens with zero attached hydrogens (tertiary/aromatic N) is 1. The van der Waals surface area contributed by atoms with E-state index in [2.05, 4.69) is 5.32 Å². The van der Waals surface area contributed by atoms with Gasteiger partial charge in [-0.2, -0.15) is 0 Å². The number of rotatable bonds is 8. The lowest BCUT2D eigenvalue weighted by atomic mass is 10.0. The highest BCUT2D eigenvalue weighted by Gasteiger charge is 2.38. The van der Waals surface area contributed by atoms with Crippen molar-refractivity contribution < 1.29 is 28.5 Å². The average molecular weight is 412 g/mol. The Kier molecular flexibility index (Phi) is 6.15. The van der Waals surface area contributed by atoms with Gasteiger partial charge in [-0.15, -0.1) is 0 Å². The van der Waals surface area contributed by atoms with Gasteiger partial charge >= 0.3 is 0 Å². The van der Waals surface area contributed by atoms with Crippen molar-refractivity contribution in [2.24, 2.45) is 0 Å². The normalized spacial score (nSPS) is 13.6. The van der Waals surface area contributed by atoms with Crippen LogP contribution in [0.1, 0.15) is 12.5 Å². The van der Waals surface area contributed by atoms with Gasteiger partial charge in [0.2, 0.25) is 0 Å². The number of likely N-dealkylation sites (N-methyl/N-ethyl adjacent to an activating group) is 1. The molecule has 30 heavy (non-hydrogen) atoms. The number of hydrogen-bond donors (Lipinski definition) is 1. The fourth-order valence-corrected chi connectivity index (χ4v) is 3.29. The number of benzene rings is 2. The van der Waals surface area contributed by atoms with E-state index in [0.29, 0.717) is 34.2 Å². The zero-order chi connectivity index (χ0) is 21.8. The van der Waals surface area contributed by atoms with Crippen molar-refractivity contribution in [3.05, 3.63) is 47.7 Å². The quantitative estimate of drug-likeness (QED) is 0.667. The molecule has 0 aliphatic carbocycles. The molecule has 8 nitrogen and oxygen atoms in total. The summed E-state index contributed by atoms with van der Waals surface area (Å²) in [5.41, 5.74) is 1.43. The van der Waals surface area contributed by atoms with Crippen molar-refractivity contribution in [2.45, 2.75) is 6.92 Å². The first-order chi connectivity index (χ1) is 14.5. The number of hydrogen-bond acceptors (Lipinski definition) is 7. The summed E-state index contributed by atoms with van der Waals surface area (Å²) in [7, 11) is 6.11. The van der Waals surface area contributed by atoms with Gasteiger partial charge in [-0.1, -0.05) is 6.07 Å². The zero-order valence-corrected chi connectivity index (χ0v) is 17.6. The van der Waals surface area contributed by atoms with Crippen molar-refractivity contribution >= 4 is 23.1 Å². The lowest BCUT2D eigenvalue weighted by Gasteiger charge is -2.14. The summed E-state index contributed by atoms with van der Waals surface area (Å²) in [4.78, 5) is 27.3. The Bertz CT molecular complexity index is 1010. The van der Waals surface area contributed by atoms with Crippen molar-refractivity contribution in [1.82, 2.24) is 4.90 Å². The number of methoxy groups -OCH3 is 4. The first kappa shape index (κ1) is 21.0. The zero-order valence-electron chi connectivity index (χ0n) is 17.6. The van der Waals surface area contributed by atoms with Crippen LogP contribution in [-0.4, -0.2) is 51.7 Å². The molecule has 0 radical (unpaired) electrons. The molecule has 0 saturated heterocycles. The van der Waals surface area contributed by atoms with Crippen LogP contribution in [0.4, 0.5) is 5.69 Å². The molecule has 1 aliphatic rings. The lowest BCUT2D eigenvalue weighted by molar-refractivity contribution is -0.136. The molecule has 1 N–H and O–H groups in total. The summed E-state index contributed by atoms with van der Waals surface area (Å²) in [6, 6.07) is 10.2. The first-order valence-corrected chi connectivity index (χ1v) is 9.30. The van der Waals surface area contributed by atoms with Gasteiger partial charge in [0.1, 0.15) is 17.2 Å². The van der Waals surface area contributed by atoms with E-state index < -0.39 is 5.91 Å². The van der Waals surface area contributed by atoms with Crippen LogP contribution in [0.5, 0.6) is 23.0 Å². The summed E-state index contributed by atoms with van der Waals surface area (Å²) in [6.07, 6.45) is 0. The Hall–Kier alpha value is -3.68. The van der Waals surface area contributed by atoms with Crippen LogP contribution in [0.15, 0.2) is 42.1 Å². The maximum Gasteiger partial charge on any atom is 0.278 e. The second kappa shape index (κ2) is 8.77. The topological polar surface area (TPSA) is 86.3 Å². The SMILES string of the molecule is CCN1C(=O)C(Nc2cc(OC)ccc2OC)=C(c2ccc(OC)c(OC)c2)C1=O. The van der Waals surface area contributed by atoms with Crippen molar-refractivity contribution in [1.29, 1.82) is 0 Å². The highest BCUT2D eigenvalue weighted by atomic mass is 16.5. The van der Waals surface area contributed by atoms with Crippen molar-refractivity contribution in [3.8, 4) is 23.0 Å². The summed E-state index contributed by atoms with van der Waals surface area (Å²) < 4.78 is 21.3. The Balaban J connectivity index is 2.16. The maximum absolute atomic E-state index is 13.1. The Morgan fingerprint density at radius 2 is 1.47 bits per heavy atom. The molecular weight excluding hydrogens is 388 g/mol. The molecule has 3 rings (SSSR count). The minimum absolute atomic E-state index is 0.153. The minimum atomic E-state index is -0.419. The number of nitrogens with one attached hydrogen (secondary N) is 1. The van der Waals surface area contributed by atoms with Gasteiger partial charge in [0.05, 0.1) is 39.7 Å². The van der Waals surface area contributed by atoms with Gasteiger partial charge in [0.15, 0.2) is 11.5 Å². The van der Waals surface area contributed by atoms with Crippen LogP contribution in [0.3, 0.4) is 0 Å². The van der Waals surface area contributed by atoms with Crippen LogP contribution in [0.25, 0.3) is 5.57 Å². The van der Waals surface area contributed by atoms with E-state index >= 15 is 0 Å². The molecule has 2 amide bonds. The summed E-state index contributed by atoms with van der Waals surface area (Å²) >= 11 is 0. The van der Waals surface area contributed by atoms with Crippen LogP contribution in [0, 0.1) is 0 Å². The predicted octanol–water partition coefficient (Wildman–Crippen LogP) is 2.93. The molecule has 0 fully saturated rings. The van der Waals surface area contributed by atoms with Gasteiger partial charge in [0.25, 0.3) is 11.8 Å². The second-order valence-electron chi connectivity index (χ2n) is 6.37. The summed E-state index contributed by atoms with van der Waals surface area (Å²) in [5, 5.41) is 3.08. The molecule has 2 aromatic rings. The minimum Gasteiger partial charge on any atom is -0.497 e. The number of carbonyl (C=O) groups excluding carboxylic acids is 2. The van der Waals surface area contributed by atoms with Crippen LogP contribution >= 0.6 is 0 Å². The maximum atomic E-state index is 13.1. The fraction of sp³-hybridized carbons (Fsp3) is 0.273. The monoisotopic (exact) mass is 412 g/mol. The lowest BCUT2D eigenvalue weighted by Crippen LogP contribution is -2.32. The third kappa shape index (κ3) is 3.63. The number of carbonyl (C=O) groups is 2. The molecule has 0 atom stereocenters. The highest BCUT2D eigenvalue weighted by Crippen LogP contribution is 2.37. The van der Waals surface area contributed by atoms with Crippen molar-refractivity contribution in [3.63, 3.8) is 0 Å². The molecular formula is C22H24N2O6. The smallest absolute Gasteiger partial charge is 0.278 e. The predicted molar refractivity (Wildman–Crippen MR) is 112 cm³/mol. The Morgan fingerprint density at radius 1 is 0.800 bits per heavy atom. The second-order valence-corrected chi connectivity index (χ2v) is 6.37. The first-order valence-electron chi connectivity index (χ1n) is 9.30. The molecule has 0 unspecified atom stereocenters. The fourth-order valence-electron chi connectivity index (χ4n) is 3.29. The van der Waals surface area contributed by atoms with E-state index in [9.17, 15) is 9.59 Å². The Labute approximate surface area is 175 Å². The number of ether oxygens (including phenoxy) is 4. The number of anilines is 1. The van der Waals surface area contributed by atoms with Gasteiger partial charge in [-0.3, -0.25) is 14.5 Å². The number of amides is 2. The highest BCUT2D eigenvalue weighted by molar-refractivity contribution is 6.36. The van der Waals surface area contributed by atoms with Crippen LogP contribution < -0.4 is 24.3 Å². The standard InChI is InChI=1S/C22H24N2O6/c1-6-24-21(25)19(13-7-9-17(29-4)18(11-13)30-5)20(22(24)26)23-15-12-14(27-2)8-10-16(15)28-3/h7-12,23H,6H2,1-5H3. The third-order valence-corrected chi connectivity index (χ3v) is 4.82. The molecule has 2 aromatic carbocycles. The Morgan fingerprint density at radius 3 is 2.07 bits per heavy atom. The van der Waals surface area contributed by atoms with E-state index in [4.69, 9.17) is 18.9 Å². The third-order valence-electron chi connectivity index (χ3n) is 4.82. The van der Waals surface area contributed by atoms with Gasteiger partial charge in [0, 0.05) is 12.6 Å². The molecule has 0 saturated carbocycles. The van der Waals surface area contributed by atoms with Gasteiger partial charge in [-0.05, 0) is 36.8 Å². The van der Waals surface area contributed by atoms with Crippen LogP contribution in [-0.2, 0) is 9.59 Å². The molecule has 0 spiro atoms. The van der Waals surface area contributed by atoms with Gasteiger partial charge < -0.3 is 24.3 Å². The average Bonchev–Trinajstić information content (AvgIpc) is 3.01. The molecule has 8 heteroatoms. The van der Waals surface area contributed by atoms with Crippen molar-refractivity contribution in [2.75, 3.05) is 40.3 Å². The van der Waals surface area contributed by atoms with E-state index in [1.54, 1.807) is 50.4 Å². The largest absolute Gasteiger partial charge is 0.497 e. The van der Waals surface area contributed by atoms with E-state index in [1.165, 1.54) is 26.2 Å². The van der Waals surface area contributed by atoms with E-state index in [0.717, 1.165) is 0 Å². The van der Waals surface area contributed by atoms with Crippen LogP contribution in [0.2, 0.25) is 0 Å². The molecule has 158 valence electrons. The molecule has 1 heterocycles. The molecule has 0 bridgehead atoms. The number of imide groups is 1. The van der Waals surface area contributed by atoms with Gasteiger partial charge in [-0.25, -0.2) is 0 Å².